The van der Waals surface area contributed by atoms with Crippen LogP contribution in [-0.2, 0) is 19.8 Å². The van der Waals surface area contributed by atoms with Gasteiger partial charge in [-0.25, -0.2) is 4.98 Å². The first-order valence-electron chi connectivity index (χ1n) is 11.0. The van der Waals surface area contributed by atoms with Gasteiger partial charge in [-0.15, -0.1) is 0 Å². The molecule has 1 amide bonds. The Labute approximate surface area is 200 Å². The highest BCUT2D eigenvalue weighted by molar-refractivity contribution is 5.98. The lowest BCUT2D eigenvalue weighted by atomic mass is 9.98. The molecule has 0 bridgehead atoms. The summed E-state index contributed by atoms with van der Waals surface area (Å²) in [5.74, 6) is -0.255. The molecule has 1 aliphatic heterocycles. The second-order valence-corrected chi connectivity index (χ2v) is 8.46. The number of halogens is 3. The van der Waals surface area contributed by atoms with Gasteiger partial charge in [-0.1, -0.05) is 6.07 Å². The van der Waals surface area contributed by atoms with Crippen molar-refractivity contribution in [1.29, 1.82) is 0 Å². The smallest absolute Gasteiger partial charge is 0.344 e. The molecule has 1 N–H and O–H groups in total. The predicted octanol–water partition coefficient (Wildman–Crippen LogP) is 5.64. The van der Waals surface area contributed by atoms with Crippen molar-refractivity contribution in [2.45, 2.75) is 25.7 Å². The Balaban J connectivity index is 1.50. The largest absolute Gasteiger partial charge is 0.416 e. The van der Waals surface area contributed by atoms with Gasteiger partial charge in [0.25, 0.3) is 5.91 Å². The molecule has 1 atom stereocenters. The van der Waals surface area contributed by atoms with Crippen LogP contribution < -0.4 is 10.2 Å². The second kappa shape index (κ2) is 8.57. The summed E-state index contributed by atoms with van der Waals surface area (Å²) < 4.78 is 41.1. The average molecular weight is 477 g/mol. The minimum atomic E-state index is -4.40. The molecular formula is C26H22F3N5O. The van der Waals surface area contributed by atoms with E-state index in [0.29, 0.717) is 17.8 Å². The van der Waals surface area contributed by atoms with Gasteiger partial charge in [0.1, 0.15) is 0 Å². The Hall–Kier alpha value is -4.14. The maximum Gasteiger partial charge on any atom is 0.416 e. The number of rotatable bonds is 4. The first kappa shape index (κ1) is 22.6. The normalized spacial score (nSPS) is 13.7. The van der Waals surface area contributed by atoms with Crippen LogP contribution in [0, 0.1) is 0 Å². The van der Waals surface area contributed by atoms with Crippen LogP contribution in [-0.4, -0.2) is 20.4 Å². The Morgan fingerprint density at radius 3 is 2.51 bits per heavy atom. The van der Waals surface area contributed by atoms with E-state index in [0.717, 1.165) is 40.5 Å². The Kier molecular flexibility index (Phi) is 5.55. The summed E-state index contributed by atoms with van der Waals surface area (Å²) in [7, 11) is 1.87. The number of aromatic nitrogens is 3. The lowest BCUT2D eigenvalue weighted by Crippen LogP contribution is -2.28. The van der Waals surface area contributed by atoms with E-state index in [2.05, 4.69) is 15.3 Å². The molecule has 0 saturated carbocycles. The summed E-state index contributed by atoms with van der Waals surface area (Å²) in [4.78, 5) is 23.8. The first-order chi connectivity index (χ1) is 16.7. The third-order valence-electron chi connectivity index (χ3n) is 6.16. The first-order valence-corrected chi connectivity index (χ1v) is 11.0. The summed E-state index contributed by atoms with van der Waals surface area (Å²) in [5, 5.41) is 2.96. The van der Waals surface area contributed by atoms with Crippen molar-refractivity contribution in [3.8, 4) is 11.3 Å². The number of aryl methyl sites for hydroxylation is 1. The van der Waals surface area contributed by atoms with Crippen LogP contribution >= 0.6 is 0 Å². The highest BCUT2D eigenvalue weighted by atomic mass is 19.4. The molecule has 0 saturated heterocycles. The van der Waals surface area contributed by atoms with Crippen molar-refractivity contribution >= 4 is 17.3 Å². The molecule has 0 radical (unpaired) electrons. The van der Waals surface area contributed by atoms with Crippen LogP contribution in [0.4, 0.5) is 24.5 Å². The van der Waals surface area contributed by atoms with E-state index in [9.17, 15) is 18.0 Å². The minimum absolute atomic E-state index is 0.255. The van der Waals surface area contributed by atoms with Crippen LogP contribution in [0.15, 0.2) is 73.2 Å². The SMILES string of the molecule is C[C@H](NC(=O)c1ccc2c(c1)-c1ncn(C)c1CN2c1ccc(C(F)(F)F)cc1)c1ccccn1. The number of anilines is 2. The molecule has 178 valence electrons. The van der Waals surface area contributed by atoms with Gasteiger partial charge in [-0.3, -0.25) is 9.78 Å². The summed E-state index contributed by atoms with van der Waals surface area (Å²) in [5.41, 5.74) is 4.28. The quantitative estimate of drug-likeness (QED) is 0.413. The number of benzene rings is 2. The lowest BCUT2D eigenvalue weighted by Gasteiger charge is -2.32. The van der Waals surface area contributed by atoms with E-state index in [1.165, 1.54) is 12.1 Å². The standard InChI is InChI=1S/C26H22F3N5O/c1-16(21-5-3-4-12-30-21)32-25(35)17-6-11-22-20(13-17)24-23(33(2)15-31-24)14-34(22)19-9-7-18(8-10-19)26(27,28)29/h3-13,15-16H,14H2,1-2H3,(H,32,35)/t16-/m0/s1. The molecule has 6 nitrogen and oxygen atoms in total. The lowest BCUT2D eigenvalue weighted by molar-refractivity contribution is -0.137. The Bertz CT molecular complexity index is 1380. The monoisotopic (exact) mass is 477 g/mol. The number of carbonyl (C=O) groups excluding carboxylic acids is 1. The fourth-order valence-electron chi connectivity index (χ4n) is 4.25. The molecule has 3 heterocycles. The van der Waals surface area contributed by atoms with Crippen LogP contribution in [0.3, 0.4) is 0 Å². The predicted molar refractivity (Wildman–Crippen MR) is 126 cm³/mol. The maximum absolute atomic E-state index is 13.1. The van der Waals surface area contributed by atoms with Crippen molar-refractivity contribution in [2.75, 3.05) is 4.90 Å². The van der Waals surface area contributed by atoms with Crippen molar-refractivity contribution < 1.29 is 18.0 Å². The highest BCUT2D eigenvalue weighted by Gasteiger charge is 2.31. The van der Waals surface area contributed by atoms with Gasteiger partial charge in [0.15, 0.2) is 0 Å². The molecule has 2 aromatic carbocycles. The number of nitrogens with one attached hydrogen (secondary N) is 1. The van der Waals surface area contributed by atoms with E-state index in [1.54, 1.807) is 24.7 Å². The Morgan fingerprint density at radius 2 is 1.83 bits per heavy atom. The van der Waals surface area contributed by atoms with Gasteiger partial charge in [0.2, 0.25) is 0 Å². The third kappa shape index (κ3) is 4.25. The number of nitrogens with zero attached hydrogens (tertiary/aromatic N) is 4. The molecule has 0 fully saturated rings. The fraction of sp³-hybridized carbons (Fsp3) is 0.192. The molecule has 0 unspecified atom stereocenters. The molecule has 35 heavy (non-hydrogen) atoms. The number of carbonyl (C=O) groups is 1. The van der Waals surface area contributed by atoms with E-state index in [-0.39, 0.29) is 11.9 Å². The highest BCUT2D eigenvalue weighted by Crippen LogP contribution is 2.43. The molecule has 4 aromatic rings. The number of hydrogen-bond acceptors (Lipinski definition) is 4. The second-order valence-electron chi connectivity index (χ2n) is 8.46. The van der Waals surface area contributed by atoms with Crippen molar-refractivity contribution in [3.05, 3.63) is 95.7 Å². The van der Waals surface area contributed by atoms with Crippen molar-refractivity contribution in [3.63, 3.8) is 0 Å². The van der Waals surface area contributed by atoms with Gasteiger partial charge in [0.05, 0.1) is 47.2 Å². The molecule has 2 aromatic heterocycles. The van der Waals surface area contributed by atoms with E-state index in [4.69, 9.17) is 0 Å². The third-order valence-corrected chi connectivity index (χ3v) is 6.16. The number of fused-ring (bicyclic) bond motifs is 3. The van der Waals surface area contributed by atoms with Crippen LogP contribution in [0.1, 0.15) is 40.3 Å². The minimum Gasteiger partial charge on any atom is -0.344 e. The van der Waals surface area contributed by atoms with Crippen molar-refractivity contribution in [2.24, 2.45) is 7.05 Å². The van der Waals surface area contributed by atoms with Crippen LogP contribution in [0.25, 0.3) is 11.3 Å². The summed E-state index contributed by atoms with van der Waals surface area (Å²) in [6.07, 6.45) is -1.03. The van der Waals surface area contributed by atoms with Crippen LogP contribution in [0.5, 0.6) is 0 Å². The van der Waals surface area contributed by atoms with Gasteiger partial charge in [-0.05, 0) is 61.5 Å². The van der Waals surface area contributed by atoms with E-state index in [1.807, 2.05) is 47.7 Å². The number of amides is 1. The number of pyridine rings is 1. The number of alkyl halides is 3. The number of imidazole rings is 1. The average Bonchev–Trinajstić information content (AvgIpc) is 3.24. The summed E-state index contributed by atoms with van der Waals surface area (Å²) >= 11 is 0. The summed E-state index contributed by atoms with van der Waals surface area (Å²) in [6, 6.07) is 15.6. The zero-order chi connectivity index (χ0) is 24.7. The summed E-state index contributed by atoms with van der Waals surface area (Å²) in [6.45, 7) is 2.30. The molecule has 9 heteroatoms. The molecule has 5 rings (SSSR count). The van der Waals surface area contributed by atoms with E-state index >= 15 is 0 Å². The fourth-order valence-corrected chi connectivity index (χ4v) is 4.25. The molecule has 0 spiro atoms. The zero-order valence-electron chi connectivity index (χ0n) is 19.0. The van der Waals surface area contributed by atoms with Crippen molar-refractivity contribution in [1.82, 2.24) is 19.9 Å². The molecule has 0 aliphatic carbocycles. The van der Waals surface area contributed by atoms with E-state index < -0.39 is 11.7 Å². The van der Waals surface area contributed by atoms with Gasteiger partial charge >= 0.3 is 6.18 Å². The topological polar surface area (TPSA) is 63.1 Å². The zero-order valence-corrected chi connectivity index (χ0v) is 19.0. The van der Waals surface area contributed by atoms with Gasteiger partial charge in [-0.2, -0.15) is 13.2 Å². The molecule has 1 aliphatic rings. The Morgan fingerprint density at radius 1 is 1.06 bits per heavy atom. The molecular weight excluding hydrogens is 455 g/mol. The number of hydrogen-bond donors (Lipinski definition) is 1. The van der Waals surface area contributed by atoms with Crippen LogP contribution in [0.2, 0.25) is 0 Å². The van der Waals surface area contributed by atoms with Gasteiger partial charge in [0, 0.05) is 30.1 Å². The maximum atomic E-state index is 13.1. The van der Waals surface area contributed by atoms with Gasteiger partial charge < -0.3 is 14.8 Å².